The smallest absolute Gasteiger partial charge is 0.0360 e. The second-order valence-corrected chi connectivity index (χ2v) is 6.63. The molecule has 1 fully saturated rings. The van der Waals surface area contributed by atoms with E-state index in [2.05, 4.69) is 36.4 Å². The van der Waals surface area contributed by atoms with Crippen LogP contribution in [0.2, 0.25) is 0 Å². The van der Waals surface area contributed by atoms with Gasteiger partial charge >= 0.3 is 0 Å². The van der Waals surface area contributed by atoms with Crippen molar-refractivity contribution in [3.05, 3.63) is 22.4 Å². The summed E-state index contributed by atoms with van der Waals surface area (Å²) in [5, 5.41) is 2.16. The van der Waals surface area contributed by atoms with Crippen molar-refractivity contribution in [2.45, 2.75) is 51.1 Å². The maximum Gasteiger partial charge on any atom is 0.0360 e. The van der Waals surface area contributed by atoms with Crippen molar-refractivity contribution in [1.29, 1.82) is 0 Å². The van der Waals surface area contributed by atoms with E-state index in [1.165, 1.54) is 37.0 Å². The topological polar surface area (TPSA) is 29.3 Å². The van der Waals surface area contributed by atoms with Crippen LogP contribution >= 0.6 is 11.3 Å². The molecule has 2 nitrogen and oxygen atoms in total. The number of nitrogens with two attached hydrogens (primary N) is 1. The van der Waals surface area contributed by atoms with Crippen LogP contribution in [0.4, 0.5) is 0 Å². The average Bonchev–Trinajstić information content (AvgIpc) is 2.91. The Labute approximate surface area is 115 Å². The number of hydrogen-bond donors (Lipinski definition) is 1. The lowest BCUT2D eigenvalue weighted by Crippen LogP contribution is -2.58. The van der Waals surface area contributed by atoms with Gasteiger partial charge in [0.2, 0.25) is 0 Å². The van der Waals surface area contributed by atoms with Crippen LogP contribution in [0.15, 0.2) is 17.5 Å². The van der Waals surface area contributed by atoms with Crippen LogP contribution in [0.3, 0.4) is 0 Å². The molecule has 18 heavy (non-hydrogen) atoms. The molecule has 1 aliphatic rings. The van der Waals surface area contributed by atoms with Crippen LogP contribution in [0.1, 0.15) is 43.9 Å². The molecular weight excluding hydrogens is 240 g/mol. The molecular formula is C15H26N2S. The number of rotatable bonds is 5. The average molecular weight is 266 g/mol. The van der Waals surface area contributed by atoms with Gasteiger partial charge in [0.15, 0.2) is 0 Å². The summed E-state index contributed by atoms with van der Waals surface area (Å²) >= 11 is 1.85. The normalized spacial score (nSPS) is 28.8. The fourth-order valence-corrected chi connectivity index (χ4v) is 4.36. The molecule has 0 aromatic carbocycles. The van der Waals surface area contributed by atoms with Crippen molar-refractivity contribution in [3.8, 4) is 0 Å². The summed E-state index contributed by atoms with van der Waals surface area (Å²) in [6.07, 6.45) is 6.59. The number of nitrogens with zero attached hydrogens (tertiary/aromatic N) is 1. The Kier molecular flexibility index (Phi) is 4.82. The summed E-state index contributed by atoms with van der Waals surface area (Å²) in [6, 6.07) is 4.37. The van der Waals surface area contributed by atoms with Gasteiger partial charge in [0, 0.05) is 23.5 Å². The van der Waals surface area contributed by atoms with Gasteiger partial charge < -0.3 is 5.73 Å². The van der Waals surface area contributed by atoms with E-state index >= 15 is 0 Å². The van der Waals surface area contributed by atoms with Crippen LogP contribution in [-0.2, 0) is 6.54 Å². The van der Waals surface area contributed by atoms with E-state index in [1.54, 1.807) is 0 Å². The van der Waals surface area contributed by atoms with E-state index in [0.29, 0.717) is 0 Å². The SMILES string of the molecule is CCC1CCCCC1(CN)N(C)Cc1cccs1. The predicted octanol–water partition coefficient (Wildman–Crippen LogP) is 3.48. The lowest BCUT2D eigenvalue weighted by Gasteiger charge is -2.49. The molecule has 1 aliphatic carbocycles. The van der Waals surface area contributed by atoms with Crippen molar-refractivity contribution in [3.63, 3.8) is 0 Å². The molecule has 0 saturated heterocycles. The Morgan fingerprint density at radius 3 is 2.94 bits per heavy atom. The van der Waals surface area contributed by atoms with E-state index in [9.17, 15) is 0 Å². The minimum absolute atomic E-state index is 0.233. The van der Waals surface area contributed by atoms with E-state index in [4.69, 9.17) is 5.73 Å². The van der Waals surface area contributed by atoms with Gasteiger partial charge in [0.05, 0.1) is 0 Å². The lowest BCUT2D eigenvalue weighted by molar-refractivity contribution is 0.0184. The van der Waals surface area contributed by atoms with Crippen LogP contribution in [0, 0.1) is 5.92 Å². The minimum atomic E-state index is 0.233. The highest BCUT2D eigenvalue weighted by atomic mass is 32.1. The summed E-state index contributed by atoms with van der Waals surface area (Å²) in [5.41, 5.74) is 6.43. The van der Waals surface area contributed by atoms with Gasteiger partial charge in [-0.1, -0.05) is 32.3 Å². The van der Waals surface area contributed by atoms with Gasteiger partial charge in [0.25, 0.3) is 0 Å². The summed E-state index contributed by atoms with van der Waals surface area (Å²) in [5.74, 6) is 0.765. The Morgan fingerprint density at radius 1 is 1.50 bits per heavy atom. The summed E-state index contributed by atoms with van der Waals surface area (Å²) in [7, 11) is 2.26. The van der Waals surface area contributed by atoms with Crippen molar-refractivity contribution < 1.29 is 0 Å². The van der Waals surface area contributed by atoms with E-state index < -0.39 is 0 Å². The lowest BCUT2D eigenvalue weighted by atomic mass is 9.70. The van der Waals surface area contributed by atoms with Gasteiger partial charge in [-0.05, 0) is 37.3 Å². The van der Waals surface area contributed by atoms with Gasteiger partial charge in [-0.2, -0.15) is 0 Å². The monoisotopic (exact) mass is 266 g/mol. The molecule has 0 radical (unpaired) electrons. The highest BCUT2D eigenvalue weighted by molar-refractivity contribution is 7.09. The fraction of sp³-hybridized carbons (Fsp3) is 0.733. The van der Waals surface area contributed by atoms with E-state index in [-0.39, 0.29) is 5.54 Å². The Morgan fingerprint density at radius 2 is 2.33 bits per heavy atom. The maximum atomic E-state index is 6.20. The molecule has 102 valence electrons. The van der Waals surface area contributed by atoms with E-state index in [0.717, 1.165) is 19.0 Å². The molecule has 2 atom stereocenters. The summed E-state index contributed by atoms with van der Waals surface area (Å²) in [6.45, 7) is 4.16. The summed E-state index contributed by atoms with van der Waals surface area (Å²) < 4.78 is 0. The van der Waals surface area contributed by atoms with Gasteiger partial charge in [0.1, 0.15) is 0 Å². The van der Waals surface area contributed by atoms with Gasteiger partial charge in [-0.15, -0.1) is 11.3 Å². The van der Waals surface area contributed by atoms with Gasteiger partial charge in [-0.3, -0.25) is 4.90 Å². The van der Waals surface area contributed by atoms with E-state index in [1.807, 2.05) is 11.3 Å². The maximum absolute atomic E-state index is 6.20. The molecule has 1 aromatic rings. The Bertz CT molecular complexity index is 349. The second-order valence-electron chi connectivity index (χ2n) is 5.59. The molecule has 1 saturated carbocycles. The largest absolute Gasteiger partial charge is 0.329 e. The van der Waals surface area contributed by atoms with Crippen molar-refractivity contribution in [1.82, 2.24) is 4.90 Å². The molecule has 2 N–H and O–H groups in total. The fourth-order valence-electron chi connectivity index (χ4n) is 3.60. The van der Waals surface area contributed by atoms with Crippen LogP contribution in [-0.4, -0.2) is 24.0 Å². The Hall–Kier alpha value is -0.380. The quantitative estimate of drug-likeness (QED) is 0.884. The predicted molar refractivity (Wildman–Crippen MR) is 79.8 cm³/mol. The molecule has 0 spiro atoms. The molecule has 1 heterocycles. The number of hydrogen-bond acceptors (Lipinski definition) is 3. The standard InChI is InChI=1S/C15H26N2S/c1-3-13-7-4-5-9-15(13,12-16)17(2)11-14-8-6-10-18-14/h6,8,10,13H,3-5,7,9,11-12,16H2,1-2H3. The van der Waals surface area contributed by atoms with Crippen LogP contribution < -0.4 is 5.73 Å². The zero-order chi connectivity index (χ0) is 13.0. The van der Waals surface area contributed by atoms with Crippen molar-refractivity contribution >= 4 is 11.3 Å². The van der Waals surface area contributed by atoms with Crippen LogP contribution in [0.25, 0.3) is 0 Å². The number of thiophene rings is 1. The Balaban J connectivity index is 2.13. The van der Waals surface area contributed by atoms with Crippen LogP contribution in [0.5, 0.6) is 0 Å². The minimum Gasteiger partial charge on any atom is -0.329 e. The zero-order valence-corrected chi connectivity index (χ0v) is 12.5. The van der Waals surface area contributed by atoms with Crippen molar-refractivity contribution in [2.75, 3.05) is 13.6 Å². The molecule has 1 aromatic heterocycles. The third-order valence-electron chi connectivity index (χ3n) is 4.75. The second kappa shape index (κ2) is 6.18. The first-order valence-corrected chi connectivity index (χ1v) is 8.04. The first-order valence-electron chi connectivity index (χ1n) is 7.16. The third-order valence-corrected chi connectivity index (χ3v) is 5.61. The molecule has 2 rings (SSSR count). The van der Waals surface area contributed by atoms with Gasteiger partial charge in [-0.25, -0.2) is 0 Å². The molecule has 0 amide bonds. The molecule has 0 aliphatic heterocycles. The molecule has 3 heteroatoms. The zero-order valence-electron chi connectivity index (χ0n) is 11.7. The third kappa shape index (κ3) is 2.63. The molecule has 2 unspecified atom stereocenters. The number of likely N-dealkylation sites (N-methyl/N-ethyl adjacent to an activating group) is 1. The van der Waals surface area contributed by atoms with Crippen molar-refractivity contribution in [2.24, 2.45) is 11.7 Å². The first kappa shape index (κ1) is 14.0. The highest BCUT2D eigenvalue weighted by Crippen LogP contribution is 2.40. The first-order chi connectivity index (χ1) is 8.73. The highest BCUT2D eigenvalue weighted by Gasteiger charge is 2.41. The summed E-state index contributed by atoms with van der Waals surface area (Å²) in [4.78, 5) is 3.98. The molecule has 0 bridgehead atoms.